The number of rotatable bonds is 4. The standard InChI is InChI=1S/C12H22ClNO/c1-10-6-8-14(11(2)9-10)12(15)5-3-4-7-13/h10-11H,3-9H2,1-2H3. The lowest BCUT2D eigenvalue weighted by atomic mass is 9.93. The fraction of sp³-hybridized carbons (Fsp3) is 0.917. The van der Waals surface area contributed by atoms with Gasteiger partial charge in [-0.1, -0.05) is 6.92 Å². The number of halogens is 1. The van der Waals surface area contributed by atoms with Gasteiger partial charge in [0, 0.05) is 24.9 Å². The first-order valence-corrected chi connectivity index (χ1v) is 6.54. The van der Waals surface area contributed by atoms with E-state index in [-0.39, 0.29) is 0 Å². The van der Waals surface area contributed by atoms with Crippen molar-refractivity contribution in [3.63, 3.8) is 0 Å². The summed E-state index contributed by atoms with van der Waals surface area (Å²) in [5.74, 6) is 1.76. The summed E-state index contributed by atoms with van der Waals surface area (Å²) in [5, 5.41) is 0. The molecule has 1 aliphatic rings. The van der Waals surface area contributed by atoms with Crippen molar-refractivity contribution < 1.29 is 4.79 Å². The van der Waals surface area contributed by atoms with E-state index >= 15 is 0 Å². The van der Waals surface area contributed by atoms with Crippen molar-refractivity contribution in [1.82, 2.24) is 4.90 Å². The lowest BCUT2D eigenvalue weighted by Gasteiger charge is -2.36. The lowest BCUT2D eigenvalue weighted by molar-refractivity contribution is -0.135. The molecule has 2 atom stereocenters. The maximum absolute atomic E-state index is 11.9. The SMILES string of the molecule is CC1CCN(C(=O)CCCCCl)C(C)C1. The molecule has 0 aromatic rings. The van der Waals surface area contributed by atoms with E-state index in [1.807, 2.05) is 4.90 Å². The van der Waals surface area contributed by atoms with Crippen LogP contribution in [0, 0.1) is 5.92 Å². The number of piperidine rings is 1. The molecule has 0 aromatic heterocycles. The highest BCUT2D eigenvalue weighted by atomic mass is 35.5. The lowest BCUT2D eigenvalue weighted by Crippen LogP contribution is -2.44. The number of hydrogen-bond donors (Lipinski definition) is 0. The highest BCUT2D eigenvalue weighted by Crippen LogP contribution is 2.22. The first kappa shape index (κ1) is 12.8. The van der Waals surface area contributed by atoms with Crippen molar-refractivity contribution in [1.29, 1.82) is 0 Å². The molecule has 1 fully saturated rings. The maximum Gasteiger partial charge on any atom is 0.222 e. The van der Waals surface area contributed by atoms with Gasteiger partial charge in [-0.05, 0) is 38.5 Å². The Morgan fingerprint density at radius 2 is 2.13 bits per heavy atom. The average molecular weight is 232 g/mol. The molecule has 0 radical (unpaired) electrons. The predicted molar refractivity (Wildman–Crippen MR) is 64.1 cm³/mol. The number of carbonyl (C=O) groups is 1. The van der Waals surface area contributed by atoms with Gasteiger partial charge in [0.25, 0.3) is 0 Å². The average Bonchev–Trinajstić information content (AvgIpc) is 2.17. The second-order valence-electron chi connectivity index (χ2n) is 4.71. The quantitative estimate of drug-likeness (QED) is 0.538. The highest BCUT2D eigenvalue weighted by Gasteiger charge is 2.25. The third-order valence-corrected chi connectivity index (χ3v) is 3.50. The molecule has 0 aliphatic carbocycles. The van der Waals surface area contributed by atoms with Crippen LogP contribution in [0.2, 0.25) is 0 Å². The van der Waals surface area contributed by atoms with Crippen LogP contribution in [0.5, 0.6) is 0 Å². The van der Waals surface area contributed by atoms with Gasteiger partial charge in [-0.2, -0.15) is 0 Å². The van der Waals surface area contributed by atoms with Crippen LogP contribution in [-0.2, 0) is 4.79 Å². The molecule has 1 rings (SSSR count). The summed E-state index contributed by atoms with van der Waals surface area (Å²) in [7, 11) is 0. The Balaban J connectivity index is 2.32. The third-order valence-electron chi connectivity index (χ3n) is 3.23. The number of carbonyl (C=O) groups excluding carboxylic acids is 1. The molecule has 3 heteroatoms. The minimum Gasteiger partial charge on any atom is -0.340 e. The molecule has 1 saturated heterocycles. The second-order valence-corrected chi connectivity index (χ2v) is 5.09. The first-order chi connectivity index (χ1) is 7.15. The van der Waals surface area contributed by atoms with E-state index in [0.29, 0.717) is 24.2 Å². The summed E-state index contributed by atoms with van der Waals surface area (Å²) in [5.41, 5.74) is 0. The van der Waals surface area contributed by atoms with Crippen molar-refractivity contribution >= 4 is 17.5 Å². The van der Waals surface area contributed by atoms with E-state index in [0.717, 1.165) is 38.1 Å². The molecule has 0 saturated carbocycles. The Morgan fingerprint density at radius 1 is 1.40 bits per heavy atom. The van der Waals surface area contributed by atoms with E-state index in [4.69, 9.17) is 11.6 Å². The van der Waals surface area contributed by atoms with Gasteiger partial charge in [-0.15, -0.1) is 11.6 Å². The normalized spacial score (nSPS) is 26.7. The molecule has 0 bridgehead atoms. The predicted octanol–water partition coefficient (Wildman–Crippen LogP) is 3.04. The summed E-state index contributed by atoms with van der Waals surface area (Å²) in [4.78, 5) is 13.9. The fourth-order valence-corrected chi connectivity index (χ4v) is 2.48. The van der Waals surface area contributed by atoms with Gasteiger partial charge >= 0.3 is 0 Å². The van der Waals surface area contributed by atoms with Crippen LogP contribution in [0.4, 0.5) is 0 Å². The minimum atomic E-state index is 0.319. The van der Waals surface area contributed by atoms with Crippen molar-refractivity contribution in [2.75, 3.05) is 12.4 Å². The summed E-state index contributed by atoms with van der Waals surface area (Å²) >= 11 is 5.59. The molecule has 0 aromatic carbocycles. The van der Waals surface area contributed by atoms with Crippen molar-refractivity contribution in [3.8, 4) is 0 Å². The molecular formula is C12H22ClNO. The number of unbranched alkanes of at least 4 members (excludes halogenated alkanes) is 1. The van der Waals surface area contributed by atoms with Gasteiger partial charge in [-0.25, -0.2) is 0 Å². The molecule has 2 nitrogen and oxygen atoms in total. The molecule has 88 valence electrons. The van der Waals surface area contributed by atoms with Crippen LogP contribution in [0.1, 0.15) is 46.0 Å². The first-order valence-electron chi connectivity index (χ1n) is 6.00. The zero-order valence-electron chi connectivity index (χ0n) is 9.84. The van der Waals surface area contributed by atoms with Gasteiger partial charge in [-0.3, -0.25) is 4.79 Å². The molecular weight excluding hydrogens is 210 g/mol. The Morgan fingerprint density at radius 3 is 2.73 bits per heavy atom. The number of nitrogens with zero attached hydrogens (tertiary/aromatic N) is 1. The van der Waals surface area contributed by atoms with Crippen molar-refractivity contribution in [2.45, 2.75) is 52.0 Å². The number of amides is 1. The maximum atomic E-state index is 11.9. The second kappa shape index (κ2) is 6.37. The van der Waals surface area contributed by atoms with Crippen molar-refractivity contribution in [2.24, 2.45) is 5.92 Å². The molecule has 2 unspecified atom stereocenters. The summed E-state index contributed by atoms with van der Waals surface area (Å²) < 4.78 is 0. The summed E-state index contributed by atoms with van der Waals surface area (Å²) in [6.07, 6.45) is 4.87. The molecule has 1 heterocycles. The van der Waals surface area contributed by atoms with E-state index in [1.54, 1.807) is 0 Å². The zero-order valence-corrected chi connectivity index (χ0v) is 10.6. The summed E-state index contributed by atoms with van der Waals surface area (Å²) in [6.45, 7) is 5.38. The molecule has 1 aliphatic heterocycles. The van der Waals surface area contributed by atoms with Crippen molar-refractivity contribution in [3.05, 3.63) is 0 Å². The molecule has 0 N–H and O–H groups in total. The molecule has 0 spiro atoms. The van der Waals surface area contributed by atoms with Gasteiger partial charge in [0.15, 0.2) is 0 Å². The van der Waals surface area contributed by atoms with Crippen LogP contribution in [0.15, 0.2) is 0 Å². The Bertz CT molecular complexity index is 208. The van der Waals surface area contributed by atoms with E-state index in [9.17, 15) is 4.79 Å². The smallest absolute Gasteiger partial charge is 0.222 e. The zero-order chi connectivity index (χ0) is 11.3. The van der Waals surface area contributed by atoms with Crippen LogP contribution in [0.3, 0.4) is 0 Å². The Hall–Kier alpha value is -0.240. The number of alkyl halides is 1. The minimum absolute atomic E-state index is 0.319. The van der Waals surface area contributed by atoms with Gasteiger partial charge in [0.1, 0.15) is 0 Å². The van der Waals surface area contributed by atoms with Gasteiger partial charge in [0.2, 0.25) is 5.91 Å². The molecule has 15 heavy (non-hydrogen) atoms. The Kier molecular flexibility index (Phi) is 5.44. The summed E-state index contributed by atoms with van der Waals surface area (Å²) in [6, 6.07) is 0.428. The van der Waals surface area contributed by atoms with E-state index in [1.165, 1.54) is 0 Å². The van der Waals surface area contributed by atoms with Gasteiger partial charge < -0.3 is 4.90 Å². The third kappa shape index (κ3) is 4.02. The number of likely N-dealkylation sites (tertiary alicyclic amines) is 1. The van der Waals surface area contributed by atoms with Crippen LogP contribution >= 0.6 is 11.6 Å². The van der Waals surface area contributed by atoms with Crippen LogP contribution in [0.25, 0.3) is 0 Å². The fourth-order valence-electron chi connectivity index (χ4n) is 2.29. The Labute approximate surface area is 98.0 Å². The molecule has 1 amide bonds. The highest BCUT2D eigenvalue weighted by molar-refractivity contribution is 6.17. The van der Waals surface area contributed by atoms with E-state index < -0.39 is 0 Å². The largest absolute Gasteiger partial charge is 0.340 e. The topological polar surface area (TPSA) is 20.3 Å². The van der Waals surface area contributed by atoms with E-state index in [2.05, 4.69) is 13.8 Å². The van der Waals surface area contributed by atoms with Gasteiger partial charge in [0.05, 0.1) is 0 Å². The monoisotopic (exact) mass is 231 g/mol. The number of hydrogen-bond acceptors (Lipinski definition) is 1. The van der Waals surface area contributed by atoms with Crippen LogP contribution in [-0.4, -0.2) is 29.3 Å². The van der Waals surface area contributed by atoms with Crippen LogP contribution < -0.4 is 0 Å².